The fourth-order valence-corrected chi connectivity index (χ4v) is 5.72. The number of nitrogens with one attached hydrogen (secondary N) is 1. The van der Waals surface area contributed by atoms with Gasteiger partial charge in [0.05, 0.1) is 5.56 Å². The second-order valence-corrected chi connectivity index (χ2v) is 10.4. The van der Waals surface area contributed by atoms with Crippen LogP contribution < -0.4 is 11.1 Å². The first-order valence-electron chi connectivity index (χ1n) is 10.7. The molecular formula is C23H20Cl2F3N5S. The average Bonchev–Trinajstić information content (AvgIpc) is 3.11. The molecule has 1 fully saturated rings. The Balaban J connectivity index is 1.45. The lowest BCUT2D eigenvalue weighted by Gasteiger charge is -2.39. The van der Waals surface area contributed by atoms with Crippen molar-refractivity contribution in [1.29, 1.82) is 0 Å². The molecule has 3 N–H and O–H groups in total. The molecular weight excluding hydrogens is 506 g/mol. The Morgan fingerprint density at radius 1 is 1.06 bits per heavy atom. The number of fused-ring (bicyclic) bond motifs is 1. The van der Waals surface area contributed by atoms with Crippen LogP contribution in [0.25, 0.3) is 0 Å². The van der Waals surface area contributed by atoms with Crippen molar-refractivity contribution >= 4 is 57.2 Å². The summed E-state index contributed by atoms with van der Waals surface area (Å²) in [6.07, 6.45) is -1.02. The van der Waals surface area contributed by atoms with Crippen molar-refractivity contribution in [2.45, 2.75) is 43.0 Å². The van der Waals surface area contributed by atoms with E-state index < -0.39 is 17.5 Å². The van der Waals surface area contributed by atoms with Crippen molar-refractivity contribution in [2.75, 3.05) is 5.32 Å². The zero-order valence-corrected chi connectivity index (χ0v) is 20.1. The quantitative estimate of drug-likeness (QED) is 0.484. The lowest BCUT2D eigenvalue weighted by Crippen LogP contribution is -2.52. The number of anilines is 1. The second-order valence-electron chi connectivity index (χ2n) is 8.44. The Morgan fingerprint density at radius 2 is 1.74 bits per heavy atom. The third-order valence-corrected chi connectivity index (χ3v) is 7.90. The number of hydrogen-bond donors (Lipinski definition) is 2. The molecule has 1 aliphatic carbocycles. The van der Waals surface area contributed by atoms with Crippen LogP contribution in [0.1, 0.15) is 30.4 Å². The van der Waals surface area contributed by atoms with Gasteiger partial charge in [-0.15, -0.1) is 0 Å². The maximum Gasteiger partial charge on any atom is 0.416 e. The summed E-state index contributed by atoms with van der Waals surface area (Å²) in [5.41, 5.74) is 7.68. The van der Waals surface area contributed by atoms with Crippen molar-refractivity contribution in [2.24, 2.45) is 26.6 Å². The van der Waals surface area contributed by atoms with Crippen LogP contribution in [0.3, 0.4) is 0 Å². The van der Waals surface area contributed by atoms with Crippen LogP contribution >= 0.6 is 35.0 Å². The monoisotopic (exact) mass is 525 g/mol. The van der Waals surface area contributed by atoms with Crippen molar-refractivity contribution in [3.8, 4) is 0 Å². The summed E-state index contributed by atoms with van der Waals surface area (Å²) in [6.45, 7) is 0. The van der Waals surface area contributed by atoms with Gasteiger partial charge in [0.2, 0.25) is 5.79 Å². The molecule has 0 spiro atoms. The number of halogens is 5. The molecule has 2 aliphatic heterocycles. The standard InChI is InChI=1S/C23H20Cl2F3N5S/c24-16-5-2-6-17(25)15(16)11-18-31-19-20(30-14-9-7-12(8-10-14)22(26,27)28)32-23(29,13-3-1-4-13)33-21(19)34-18/h2,5-10,13,18H,1,3-4,11,29H2,(H,30,32). The number of hydrogen-bond acceptors (Lipinski definition) is 6. The number of nitrogens with two attached hydrogens (primary N) is 1. The molecule has 2 unspecified atom stereocenters. The number of rotatable bonds is 4. The number of nitrogens with zero attached hydrogens (tertiary/aromatic N) is 3. The summed E-state index contributed by atoms with van der Waals surface area (Å²) in [4.78, 5) is 14.2. The molecule has 1 saturated carbocycles. The van der Waals surface area contributed by atoms with E-state index in [-0.39, 0.29) is 11.3 Å². The molecule has 2 heterocycles. The van der Waals surface area contributed by atoms with E-state index in [0.717, 1.165) is 37.0 Å². The summed E-state index contributed by atoms with van der Waals surface area (Å²) >= 11 is 14.2. The van der Waals surface area contributed by atoms with Gasteiger partial charge < -0.3 is 5.32 Å². The maximum absolute atomic E-state index is 13.0. The third kappa shape index (κ3) is 4.58. The molecule has 0 saturated heterocycles. The predicted octanol–water partition coefficient (Wildman–Crippen LogP) is 6.40. The van der Waals surface area contributed by atoms with Gasteiger partial charge in [0, 0.05) is 28.1 Å². The first kappa shape index (κ1) is 23.7. The van der Waals surface area contributed by atoms with Gasteiger partial charge in [-0.3, -0.25) is 10.7 Å². The number of aliphatic imine (C=N–C) groups is 3. The van der Waals surface area contributed by atoms with Crippen LogP contribution in [-0.2, 0) is 12.6 Å². The van der Waals surface area contributed by atoms with Crippen LogP contribution in [0, 0.1) is 5.92 Å². The Bertz CT molecular complexity index is 1190. The molecule has 0 aromatic heterocycles. The SMILES string of the molecule is NC1(C2CCC2)N=C(Nc2ccc(C(F)(F)F)cc2)C2=NC(Cc3c(Cl)cccc3Cl)SC2=N1. The summed E-state index contributed by atoms with van der Waals surface area (Å²) in [5.74, 6) is -0.631. The molecule has 5 nitrogen and oxygen atoms in total. The molecule has 3 aliphatic rings. The van der Waals surface area contributed by atoms with Gasteiger partial charge in [-0.05, 0) is 54.8 Å². The summed E-state index contributed by atoms with van der Waals surface area (Å²) in [5, 5.41) is 4.66. The Kier molecular flexibility index (Phi) is 6.16. The minimum atomic E-state index is -4.41. The topological polar surface area (TPSA) is 75.1 Å². The summed E-state index contributed by atoms with van der Waals surface area (Å²) < 4.78 is 38.9. The normalized spacial score (nSPS) is 24.6. The van der Waals surface area contributed by atoms with Crippen molar-refractivity contribution < 1.29 is 13.2 Å². The van der Waals surface area contributed by atoms with E-state index in [1.165, 1.54) is 23.9 Å². The van der Waals surface area contributed by atoms with Gasteiger partial charge in [-0.25, -0.2) is 9.98 Å². The first-order chi connectivity index (χ1) is 16.1. The fourth-order valence-electron chi connectivity index (χ4n) is 4.04. The average molecular weight is 526 g/mol. The molecule has 0 amide bonds. The maximum atomic E-state index is 13.0. The highest BCUT2D eigenvalue weighted by Gasteiger charge is 2.45. The van der Waals surface area contributed by atoms with E-state index in [1.807, 2.05) is 0 Å². The molecule has 11 heteroatoms. The fraction of sp³-hybridized carbons (Fsp3) is 0.348. The minimum absolute atomic E-state index is 0.101. The third-order valence-electron chi connectivity index (χ3n) is 6.14. The first-order valence-corrected chi connectivity index (χ1v) is 12.4. The van der Waals surface area contributed by atoms with E-state index in [1.54, 1.807) is 18.2 Å². The molecule has 34 heavy (non-hydrogen) atoms. The van der Waals surface area contributed by atoms with Gasteiger partial charge in [0.25, 0.3) is 0 Å². The molecule has 178 valence electrons. The van der Waals surface area contributed by atoms with Crippen molar-refractivity contribution in [3.63, 3.8) is 0 Å². The van der Waals surface area contributed by atoms with Gasteiger partial charge in [0.1, 0.15) is 16.1 Å². The highest BCUT2D eigenvalue weighted by molar-refractivity contribution is 8.17. The van der Waals surface area contributed by atoms with Crippen molar-refractivity contribution in [1.82, 2.24) is 0 Å². The zero-order chi connectivity index (χ0) is 24.1. The van der Waals surface area contributed by atoms with E-state index in [9.17, 15) is 13.2 Å². The van der Waals surface area contributed by atoms with Gasteiger partial charge >= 0.3 is 6.18 Å². The Hall–Kier alpha value is -2.07. The molecule has 2 atom stereocenters. The van der Waals surface area contributed by atoms with Crippen molar-refractivity contribution in [3.05, 3.63) is 63.6 Å². The number of thioether (sulfide) groups is 1. The minimum Gasteiger partial charge on any atom is -0.339 e. The zero-order valence-electron chi connectivity index (χ0n) is 17.7. The largest absolute Gasteiger partial charge is 0.416 e. The van der Waals surface area contributed by atoms with Gasteiger partial charge in [0.15, 0.2) is 5.84 Å². The van der Waals surface area contributed by atoms with Gasteiger partial charge in [-0.1, -0.05) is 47.5 Å². The number of amidine groups is 1. The van der Waals surface area contributed by atoms with E-state index in [2.05, 4.69) is 5.32 Å². The van der Waals surface area contributed by atoms with Crippen LogP contribution in [-0.4, -0.2) is 27.8 Å². The molecule has 0 radical (unpaired) electrons. The molecule has 2 aromatic rings. The smallest absolute Gasteiger partial charge is 0.339 e. The summed E-state index contributed by atoms with van der Waals surface area (Å²) in [6, 6.07) is 10.1. The van der Waals surface area contributed by atoms with Crippen LogP contribution in [0.5, 0.6) is 0 Å². The number of alkyl halides is 3. The highest BCUT2D eigenvalue weighted by Crippen LogP contribution is 2.41. The second kappa shape index (κ2) is 8.86. The highest BCUT2D eigenvalue weighted by atomic mass is 35.5. The van der Waals surface area contributed by atoms with Crippen LogP contribution in [0.4, 0.5) is 18.9 Å². The Morgan fingerprint density at radius 3 is 2.32 bits per heavy atom. The Labute approximate surface area is 208 Å². The molecule has 2 aromatic carbocycles. The van der Waals surface area contributed by atoms with Crippen LogP contribution in [0.15, 0.2) is 57.4 Å². The predicted molar refractivity (Wildman–Crippen MR) is 133 cm³/mol. The number of benzene rings is 2. The molecule has 5 rings (SSSR count). The lowest BCUT2D eigenvalue weighted by atomic mass is 9.80. The van der Waals surface area contributed by atoms with E-state index >= 15 is 0 Å². The lowest BCUT2D eigenvalue weighted by molar-refractivity contribution is -0.137. The van der Waals surface area contributed by atoms with E-state index in [4.69, 9.17) is 43.9 Å². The van der Waals surface area contributed by atoms with E-state index in [0.29, 0.717) is 38.7 Å². The summed E-state index contributed by atoms with van der Waals surface area (Å²) in [7, 11) is 0. The van der Waals surface area contributed by atoms with Gasteiger partial charge in [-0.2, -0.15) is 13.2 Å². The molecule has 0 bridgehead atoms. The van der Waals surface area contributed by atoms with Crippen LogP contribution in [0.2, 0.25) is 10.0 Å².